The number of para-hydroxylation sites is 1. The molecule has 0 saturated carbocycles. The van der Waals surface area contributed by atoms with Crippen LogP contribution in [0.15, 0.2) is 66.7 Å². The number of anilines is 1. The highest BCUT2D eigenvalue weighted by Gasteiger charge is 2.50. The van der Waals surface area contributed by atoms with Crippen molar-refractivity contribution in [2.24, 2.45) is 0 Å². The molecule has 0 aliphatic carbocycles. The van der Waals surface area contributed by atoms with Crippen LogP contribution in [-0.4, -0.2) is 30.0 Å². The predicted octanol–water partition coefficient (Wildman–Crippen LogP) is 4.12. The lowest BCUT2D eigenvalue weighted by molar-refractivity contribution is -0.136. The van der Waals surface area contributed by atoms with E-state index in [4.69, 9.17) is 21.1 Å². The van der Waals surface area contributed by atoms with Gasteiger partial charge in [0.25, 0.3) is 5.91 Å². The molecule has 0 fully saturated rings. The monoisotopic (exact) mass is 449 g/mol. The number of hydrogen-bond donors (Lipinski definition) is 1. The summed E-state index contributed by atoms with van der Waals surface area (Å²) in [5.41, 5.74) is 0.205. The van der Waals surface area contributed by atoms with Gasteiger partial charge < -0.3 is 19.5 Å². The minimum Gasteiger partial charge on any atom is -0.486 e. The molecule has 1 amide bonds. The van der Waals surface area contributed by atoms with E-state index in [0.29, 0.717) is 46.5 Å². The zero-order chi connectivity index (χ0) is 22.3. The van der Waals surface area contributed by atoms with E-state index in [9.17, 15) is 14.7 Å². The van der Waals surface area contributed by atoms with Crippen LogP contribution in [0.4, 0.5) is 5.69 Å². The van der Waals surface area contributed by atoms with Gasteiger partial charge in [0.2, 0.25) is 0 Å². The summed E-state index contributed by atoms with van der Waals surface area (Å²) >= 11 is 6.09. The molecule has 0 radical (unpaired) electrons. The highest BCUT2D eigenvalue weighted by atomic mass is 35.5. The zero-order valence-corrected chi connectivity index (χ0v) is 17.8. The SMILES string of the molecule is O=C(C[C@@]1(O)C(=O)N(Cc2cccc(Cl)c2)c2ccccc21)c1ccc2c(c1)OCCO2. The number of ether oxygens (including phenoxy) is 2. The van der Waals surface area contributed by atoms with Crippen LogP contribution in [0.25, 0.3) is 0 Å². The first kappa shape index (κ1) is 20.5. The standard InChI is InChI=1S/C25H20ClNO5/c26-18-5-3-4-16(12-18)15-27-20-7-2-1-6-19(20)25(30,24(27)29)14-21(28)17-8-9-22-23(13-17)32-11-10-31-22/h1-9,12-13,30H,10-11,14-15H2/t25-/m0/s1. The molecule has 3 aromatic carbocycles. The van der Waals surface area contributed by atoms with Crippen LogP contribution in [0.3, 0.4) is 0 Å². The number of amides is 1. The molecule has 2 aliphatic heterocycles. The zero-order valence-electron chi connectivity index (χ0n) is 17.1. The second-order valence-electron chi connectivity index (χ2n) is 7.86. The molecule has 6 nitrogen and oxygen atoms in total. The van der Waals surface area contributed by atoms with E-state index in [1.807, 2.05) is 12.1 Å². The number of rotatable bonds is 5. The molecular formula is C25H20ClNO5. The summed E-state index contributed by atoms with van der Waals surface area (Å²) in [5, 5.41) is 12.1. The van der Waals surface area contributed by atoms with Crippen molar-refractivity contribution in [3.8, 4) is 11.5 Å². The van der Waals surface area contributed by atoms with Gasteiger partial charge in [-0.3, -0.25) is 9.59 Å². The highest BCUT2D eigenvalue weighted by molar-refractivity contribution is 6.30. The maximum Gasteiger partial charge on any atom is 0.264 e. The van der Waals surface area contributed by atoms with Crippen molar-refractivity contribution < 1.29 is 24.2 Å². The normalized spacial score (nSPS) is 19.1. The van der Waals surface area contributed by atoms with Crippen LogP contribution < -0.4 is 14.4 Å². The Morgan fingerprint density at radius 3 is 2.59 bits per heavy atom. The van der Waals surface area contributed by atoms with Gasteiger partial charge in [0, 0.05) is 16.1 Å². The number of nitrogens with zero attached hydrogens (tertiary/aromatic N) is 1. The third kappa shape index (κ3) is 3.51. The van der Waals surface area contributed by atoms with E-state index in [0.717, 1.165) is 5.56 Å². The van der Waals surface area contributed by atoms with E-state index >= 15 is 0 Å². The van der Waals surface area contributed by atoms with Crippen molar-refractivity contribution >= 4 is 29.0 Å². The van der Waals surface area contributed by atoms with Gasteiger partial charge in [-0.15, -0.1) is 0 Å². The van der Waals surface area contributed by atoms with E-state index < -0.39 is 11.5 Å². The lowest BCUT2D eigenvalue weighted by Gasteiger charge is -2.23. The Morgan fingerprint density at radius 1 is 1.00 bits per heavy atom. The summed E-state index contributed by atoms with van der Waals surface area (Å²) in [4.78, 5) is 28.0. The Balaban J connectivity index is 1.45. The average molecular weight is 450 g/mol. The van der Waals surface area contributed by atoms with Gasteiger partial charge in [-0.2, -0.15) is 0 Å². The molecular weight excluding hydrogens is 430 g/mol. The topological polar surface area (TPSA) is 76.1 Å². The number of fused-ring (bicyclic) bond motifs is 2. The fourth-order valence-electron chi connectivity index (χ4n) is 4.20. The highest BCUT2D eigenvalue weighted by Crippen LogP contribution is 2.44. The molecule has 5 rings (SSSR count). The van der Waals surface area contributed by atoms with E-state index in [-0.39, 0.29) is 18.7 Å². The van der Waals surface area contributed by atoms with Crippen molar-refractivity contribution in [2.45, 2.75) is 18.6 Å². The lowest BCUT2D eigenvalue weighted by Crippen LogP contribution is -2.41. The molecule has 0 bridgehead atoms. The molecule has 3 aromatic rings. The number of benzene rings is 3. The van der Waals surface area contributed by atoms with Crippen molar-refractivity contribution in [3.63, 3.8) is 0 Å². The minimum atomic E-state index is -1.96. The van der Waals surface area contributed by atoms with E-state index in [2.05, 4.69) is 0 Å². The third-order valence-corrected chi connectivity index (χ3v) is 5.98. The second-order valence-corrected chi connectivity index (χ2v) is 8.29. The minimum absolute atomic E-state index is 0.233. The second kappa shape index (κ2) is 7.97. The molecule has 1 atom stereocenters. The summed E-state index contributed by atoms with van der Waals surface area (Å²) < 4.78 is 11.1. The van der Waals surface area contributed by atoms with Crippen LogP contribution >= 0.6 is 11.6 Å². The van der Waals surface area contributed by atoms with Crippen molar-refractivity contribution in [1.29, 1.82) is 0 Å². The molecule has 1 N–H and O–H groups in total. The number of ketones is 1. The molecule has 32 heavy (non-hydrogen) atoms. The first-order chi connectivity index (χ1) is 15.5. The van der Waals surface area contributed by atoms with Gasteiger partial charge in [0.1, 0.15) is 13.2 Å². The van der Waals surface area contributed by atoms with Crippen LogP contribution in [0.1, 0.15) is 27.9 Å². The largest absolute Gasteiger partial charge is 0.486 e. The van der Waals surface area contributed by atoms with Crippen molar-refractivity contribution in [3.05, 3.63) is 88.4 Å². The van der Waals surface area contributed by atoms with E-state index in [1.165, 1.54) is 4.90 Å². The first-order valence-electron chi connectivity index (χ1n) is 10.3. The molecule has 162 valence electrons. The molecule has 0 unspecified atom stereocenters. The van der Waals surface area contributed by atoms with Gasteiger partial charge in [-0.05, 0) is 42.0 Å². The maximum absolute atomic E-state index is 13.4. The molecule has 7 heteroatoms. The number of Topliss-reactive ketones (excluding diaryl/α,β-unsaturated/α-hetero) is 1. The Labute approximate surface area is 189 Å². The van der Waals surface area contributed by atoms with Crippen molar-refractivity contribution in [1.82, 2.24) is 0 Å². The third-order valence-electron chi connectivity index (χ3n) is 5.75. The molecule has 2 heterocycles. The Hall–Kier alpha value is -3.35. The fourth-order valence-corrected chi connectivity index (χ4v) is 4.42. The summed E-state index contributed by atoms with van der Waals surface area (Å²) in [7, 11) is 0. The quantitative estimate of drug-likeness (QED) is 0.593. The van der Waals surface area contributed by atoms with Crippen molar-refractivity contribution in [2.75, 3.05) is 18.1 Å². The first-order valence-corrected chi connectivity index (χ1v) is 10.6. The number of halogens is 1. The number of hydrogen-bond acceptors (Lipinski definition) is 5. The molecule has 0 saturated heterocycles. The summed E-state index contributed by atoms with van der Waals surface area (Å²) in [5.74, 6) is 0.151. The van der Waals surface area contributed by atoms with Gasteiger partial charge >= 0.3 is 0 Å². The van der Waals surface area contributed by atoms with Crippen LogP contribution in [0.2, 0.25) is 5.02 Å². The summed E-state index contributed by atoms with van der Waals surface area (Å²) in [6.07, 6.45) is -0.380. The van der Waals surface area contributed by atoms with Gasteiger partial charge in [-0.25, -0.2) is 0 Å². The van der Waals surface area contributed by atoms with E-state index in [1.54, 1.807) is 54.6 Å². The molecule has 0 spiro atoms. The Morgan fingerprint density at radius 2 is 1.78 bits per heavy atom. The molecule has 0 aromatic heterocycles. The van der Waals surface area contributed by atoms with Gasteiger partial charge in [0.05, 0.1) is 18.7 Å². The number of aliphatic hydroxyl groups is 1. The van der Waals surface area contributed by atoms with Gasteiger partial charge in [-0.1, -0.05) is 41.9 Å². The predicted molar refractivity (Wildman–Crippen MR) is 119 cm³/mol. The molecule has 2 aliphatic rings. The Bertz CT molecular complexity index is 1230. The Kier molecular flexibility index (Phi) is 5.12. The maximum atomic E-state index is 13.4. The van der Waals surface area contributed by atoms with Crippen LogP contribution in [0, 0.1) is 0 Å². The summed E-state index contributed by atoms with van der Waals surface area (Å²) in [6.45, 7) is 1.09. The summed E-state index contributed by atoms with van der Waals surface area (Å²) in [6, 6.07) is 19.1. The lowest BCUT2D eigenvalue weighted by atomic mass is 9.88. The smallest absolute Gasteiger partial charge is 0.264 e. The number of carbonyl (C=O) groups is 2. The number of carbonyl (C=O) groups excluding carboxylic acids is 2. The fraction of sp³-hybridized carbons (Fsp3) is 0.200. The van der Waals surface area contributed by atoms with Crippen LogP contribution in [-0.2, 0) is 16.9 Å². The van der Waals surface area contributed by atoms with Gasteiger partial charge in [0.15, 0.2) is 22.9 Å². The average Bonchev–Trinajstić information content (AvgIpc) is 3.01. The van der Waals surface area contributed by atoms with Crippen LogP contribution in [0.5, 0.6) is 11.5 Å².